The van der Waals surface area contributed by atoms with E-state index in [1.807, 2.05) is 58.0 Å². The fourth-order valence-electron chi connectivity index (χ4n) is 4.07. The Labute approximate surface area is 196 Å². The second kappa shape index (κ2) is 10.3. The molecule has 6 nitrogen and oxygen atoms in total. The van der Waals surface area contributed by atoms with Crippen LogP contribution in [0, 0.1) is 5.41 Å². The lowest BCUT2D eigenvalue weighted by molar-refractivity contribution is -0.161. The predicted octanol–water partition coefficient (Wildman–Crippen LogP) is 5.64. The molecule has 1 aliphatic carbocycles. The van der Waals surface area contributed by atoms with Crippen LogP contribution in [0.1, 0.15) is 62.9 Å². The van der Waals surface area contributed by atoms with Gasteiger partial charge in [-0.2, -0.15) is 0 Å². The van der Waals surface area contributed by atoms with E-state index in [0.29, 0.717) is 30.1 Å². The van der Waals surface area contributed by atoms with Crippen molar-refractivity contribution in [3.8, 4) is 28.4 Å². The van der Waals surface area contributed by atoms with Gasteiger partial charge in [0.15, 0.2) is 17.3 Å². The third kappa shape index (κ3) is 5.00. The Morgan fingerprint density at radius 2 is 1.64 bits per heavy atom. The molecule has 3 rings (SSSR count). The van der Waals surface area contributed by atoms with E-state index in [0.717, 1.165) is 35.1 Å². The zero-order chi connectivity index (χ0) is 24.2. The largest absolute Gasteiger partial charge is 0.493 e. The Hall–Kier alpha value is -3.02. The summed E-state index contributed by atoms with van der Waals surface area (Å²) in [4.78, 5) is 25.1. The van der Waals surface area contributed by atoms with E-state index in [1.54, 1.807) is 14.2 Å². The molecule has 33 heavy (non-hydrogen) atoms. The van der Waals surface area contributed by atoms with Crippen LogP contribution in [-0.4, -0.2) is 38.7 Å². The number of carbonyl (C=O) groups is 2. The second-order valence-corrected chi connectivity index (χ2v) is 8.95. The molecular formula is C27H34O6. The first-order chi connectivity index (χ1) is 15.8. The molecule has 0 saturated heterocycles. The molecule has 0 heterocycles. The van der Waals surface area contributed by atoms with Crippen LogP contribution in [0.3, 0.4) is 0 Å². The SMILES string of the molecule is CCC(CC)OC(=O)C(C)(C)COc1c(-c2cccc3c2CCC3=O)ccc(OC)c1OC. The van der Waals surface area contributed by atoms with Gasteiger partial charge in [0.05, 0.1) is 19.6 Å². The van der Waals surface area contributed by atoms with Gasteiger partial charge in [-0.25, -0.2) is 0 Å². The summed E-state index contributed by atoms with van der Waals surface area (Å²) in [5.74, 6) is 1.30. The van der Waals surface area contributed by atoms with E-state index < -0.39 is 5.41 Å². The molecule has 0 aliphatic heterocycles. The monoisotopic (exact) mass is 454 g/mol. The maximum atomic E-state index is 12.8. The highest BCUT2D eigenvalue weighted by molar-refractivity contribution is 6.02. The van der Waals surface area contributed by atoms with Gasteiger partial charge >= 0.3 is 5.97 Å². The predicted molar refractivity (Wildman–Crippen MR) is 127 cm³/mol. The first kappa shape index (κ1) is 24.6. The number of rotatable bonds is 10. The van der Waals surface area contributed by atoms with Gasteiger partial charge in [0.25, 0.3) is 0 Å². The quantitative estimate of drug-likeness (QED) is 0.433. The Morgan fingerprint density at radius 1 is 0.939 bits per heavy atom. The Balaban J connectivity index is 1.99. The van der Waals surface area contributed by atoms with Gasteiger partial charge in [0.2, 0.25) is 5.75 Å². The zero-order valence-corrected chi connectivity index (χ0v) is 20.4. The number of fused-ring (bicyclic) bond motifs is 1. The molecule has 0 spiro atoms. The maximum Gasteiger partial charge on any atom is 0.315 e. The lowest BCUT2D eigenvalue weighted by atomic mass is 9.94. The van der Waals surface area contributed by atoms with Crippen LogP contribution in [0.4, 0.5) is 0 Å². The first-order valence-corrected chi connectivity index (χ1v) is 11.5. The normalized spacial score (nSPS) is 13.1. The average molecular weight is 455 g/mol. The second-order valence-electron chi connectivity index (χ2n) is 8.95. The Bertz CT molecular complexity index is 1020. The molecule has 2 aromatic rings. The fraction of sp³-hybridized carbons (Fsp3) is 0.481. The average Bonchev–Trinajstić information content (AvgIpc) is 3.21. The summed E-state index contributed by atoms with van der Waals surface area (Å²) < 4.78 is 23.1. The molecule has 0 aromatic heterocycles. The summed E-state index contributed by atoms with van der Waals surface area (Å²) in [5.41, 5.74) is 2.60. The van der Waals surface area contributed by atoms with E-state index >= 15 is 0 Å². The van der Waals surface area contributed by atoms with Crippen molar-refractivity contribution < 1.29 is 28.5 Å². The van der Waals surface area contributed by atoms with Crippen molar-refractivity contribution >= 4 is 11.8 Å². The number of hydrogen-bond donors (Lipinski definition) is 0. The van der Waals surface area contributed by atoms with Gasteiger partial charge in [-0.15, -0.1) is 0 Å². The molecular weight excluding hydrogens is 420 g/mol. The molecule has 0 saturated carbocycles. The lowest BCUT2D eigenvalue weighted by Gasteiger charge is -2.27. The minimum atomic E-state index is -0.872. The smallest absolute Gasteiger partial charge is 0.315 e. The summed E-state index contributed by atoms with van der Waals surface area (Å²) in [6.07, 6.45) is 2.62. The van der Waals surface area contributed by atoms with Gasteiger partial charge in [-0.05, 0) is 56.4 Å². The van der Waals surface area contributed by atoms with Crippen LogP contribution < -0.4 is 14.2 Å². The van der Waals surface area contributed by atoms with Crippen molar-refractivity contribution in [2.75, 3.05) is 20.8 Å². The summed E-state index contributed by atoms with van der Waals surface area (Å²) >= 11 is 0. The molecule has 0 bridgehead atoms. The van der Waals surface area contributed by atoms with E-state index in [4.69, 9.17) is 18.9 Å². The third-order valence-electron chi connectivity index (χ3n) is 6.18. The van der Waals surface area contributed by atoms with E-state index in [9.17, 15) is 9.59 Å². The molecule has 0 fully saturated rings. The summed E-state index contributed by atoms with van der Waals surface area (Å²) in [5, 5.41) is 0. The molecule has 0 unspecified atom stereocenters. The molecule has 6 heteroatoms. The van der Waals surface area contributed by atoms with Crippen molar-refractivity contribution in [3.05, 3.63) is 41.5 Å². The van der Waals surface area contributed by atoms with Crippen molar-refractivity contribution in [3.63, 3.8) is 0 Å². The van der Waals surface area contributed by atoms with Crippen molar-refractivity contribution in [2.45, 2.75) is 59.5 Å². The number of Topliss-reactive ketones (excluding diaryl/α,β-unsaturated/α-hetero) is 1. The third-order valence-corrected chi connectivity index (χ3v) is 6.18. The minimum Gasteiger partial charge on any atom is -0.493 e. The number of carbonyl (C=O) groups excluding carboxylic acids is 2. The van der Waals surface area contributed by atoms with Gasteiger partial charge in [-0.1, -0.05) is 32.0 Å². The van der Waals surface area contributed by atoms with Gasteiger partial charge < -0.3 is 18.9 Å². The highest BCUT2D eigenvalue weighted by Gasteiger charge is 2.33. The molecule has 178 valence electrons. The van der Waals surface area contributed by atoms with Crippen molar-refractivity contribution in [1.82, 2.24) is 0 Å². The Kier molecular flexibility index (Phi) is 7.67. The van der Waals surface area contributed by atoms with E-state index in [-0.39, 0.29) is 24.5 Å². The van der Waals surface area contributed by atoms with Gasteiger partial charge in [0.1, 0.15) is 12.7 Å². The molecule has 0 amide bonds. The Morgan fingerprint density at radius 3 is 2.27 bits per heavy atom. The first-order valence-electron chi connectivity index (χ1n) is 11.5. The van der Waals surface area contributed by atoms with Crippen LogP contribution in [-0.2, 0) is 16.0 Å². The number of esters is 1. The van der Waals surface area contributed by atoms with Crippen LogP contribution in [0.2, 0.25) is 0 Å². The van der Waals surface area contributed by atoms with Crippen LogP contribution >= 0.6 is 0 Å². The van der Waals surface area contributed by atoms with Crippen LogP contribution in [0.15, 0.2) is 30.3 Å². The number of methoxy groups -OCH3 is 2. The highest BCUT2D eigenvalue weighted by atomic mass is 16.6. The number of benzene rings is 2. The van der Waals surface area contributed by atoms with E-state index in [2.05, 4.69) is 0 Å². The number of ether oxygens (including phenoxy) is 4. The van der Waals surface area contributed by atoms with Gasteiger partial charge in [0, 0.05) is 17.5 Å². The summed E-state index contributed by atoms with van der Waals surface area (Å²) in [7, 11) is 3.12. The molecule has 1 aliphatic rings. The van der Waals surface area contributed by atoms with Crippen LogP contribution in [0.5, 0.6) is 17.2 Å². The number of hydrogen-bond acceptors (Lipinski definition) is 6. The van der Waals surface area contributed by atoms with Crippen molar-refractivity contribution in [1.29, 1.82) is 0 Å². The number of ketones is 1. The molecule has 2 aromatic carbocycles. The van der Waals surface area contributed by atoms with E-state index in [1.165, 1.54) is 0 Å². The molecule has 0 atom stereocenters. The molecule has 0 N–H and O–H groups in total. The summed E-state index contributed by atoms with van der Waals surface area (Å²) in [6, 6.07) is 9.47. The minimum absolute atomic E-state index is 0.0937. The zero-order valence-electron chi connectivity index (χ0n) is 20.4. The summed E-state index contributed by atoms with van der Waals surface area (Å²) in [6.45, 7) is 7.71. The standard InChI is InChI=1S/C27H34O6/c1-7-17(8-2)33-26(29)27(3,4)16-32-24-21(13-15-23(30-5)25(24)31-6)18-10-9-11-20-19(18)12-14-22(20)28/h9-11,13,15,17H,7-8,12,14,16H2,1-6H3. The topological polar surface area (TPSA) is 71.1 Å². The van der Waals surface area contributed by atoms with Crippen molar-refractivity contribution in [2.24, 2.45) is 5.41 Å². The fourth-order valence-corrected chi connectivity index (χ4v) is 4.07. The molecule has 0 radical (unpaired) electrons. The highest BCUT2D eigenvalue weighted by Crippen LogP contribution is 2.47. The van der Waals surface area contributed by atoms with Gasteiger partial charge in [-0.3, -0.25) is 9.59 Å². The van der Waals surface area contributed by atoms with Crippen LogP contribution in [0.25, 0.3) is 11.1 Å². The maximum absolute atomic E-state index is 12.8. The lowest BCUT2D eigenvalue weighted by Crippen LogP contribution is -2.35.